The topological polar surface area (TPSA) is 101 Å². The Hall–Kier alpha value is -2.09. The van der Waals surface area contributed by atoms with E-state index in [2.05, 4.69) is 14.9 Å². The molecule has 4 N–H and O–H groups in total. The summed E-state index contributed by atoms with van der Waals surface area (Å²) in [6.45, 7) is 2.00. The number of halogens is 1. The van der Waals surface area contributed by atoms with Crippen LogP contribution in [-0.2, 0) is 16.4 Å². The third-order valence-corrected chi connectivity index (χ3v) is 3.93. The highest BCUT2D eigenvalue weighted by molar-refractivity contribution is 7.92. The van der Waals surface area contributed by atoms with Crippen molar-refractivity contribution in [1.82, 2.24) is 10.2 Å². The van der Waals surface area contributed by atoms with Gasteiger partial charge < -0.3 is 5.73 Å². The summed E-state index contributed by atoms with van der Waals surface area (Å²) in [5.41, 5.74) is 6.30. The number of hydrogen-bond acceptors (Lipinski definition) is 4. The minimum Gasteiger partial charge on any atom is -0.399 e. The monoisotopic (exact) mass is 298 g/mol. The van der Waals surface area contributed by atoms with E-state index in [-0.39, 0.29) is 16.4 Å². The van der Waals surface area contributed by atoms with Crippen LogP contribution in [0.4, 0.5) is 15.9 Å². The van der Waals surface area contributed by atoms with E-state index in [1.165, 1.54) is 6.07 Å². The molecule has 108 valence electrons. The molecule has 0 saturated carbocycles. The number of rotatable bonds is 5. The Kier molecular flexibility index (Phi) is 3.93. The van der Waals surface area contributed by atoms with E-state index >= 15 is 0 Å². The maximum absolute atomic E-state index is 13.2. The lowest BCUT2D eigenvalue weighted by molar-refractivity contribution is 0.595. The van der Waals surface area contributed by atoms with Crippen molar-refractivity contribution in [1.29, 1.82) is 0 Å². The van der Waals surface area contributed by atoms with Crippen LogP contribution in [0.2, 0.25) is 0 Å². The Morgan fingerprint density at radius 1 is 1.35 bits per heavy atom. The van der Waals surface area contributed by atoms with Gasteiger partial charge in [0.1, 0.15) is 5.82 Å². The first kappa shape index (κ1) is 14.3. The van der Waals surface area contributed by atoms with E-state index in [0.717, 1.165) is 30.7 Å². The molecular formula is C12H15FN4O2S. The van der Waals surface area contributed by atoms with Crippen LogP contribution in [0, 0.1) is 5.82 Å². The molecule has 0 unspecified atom stereocenters. The highest BCUT2D eigenvalue weighted by Crippen LogP contribution is 2.19. The van der Waals surface area contributed by atoms with E-state index in [0.29, 0.717) is 0 Å². The fourth-order valence-electron chi connectivity index (χ4n) is 1.75. The van der Waals surface area contributed by atoms with Crippen LogP contribution >= 0.6 is 0 Å². The lowest BCUT2D eigenvalue weighted by Crippen LogP contribution is -2.13. The zero-order chi connectivity index (χ0) is 14.8. The molecule has 0 bridgehead atoms. The number of benzene rings is 1. The fraction of sp³-hybridized carbons (Fsp3) is 0.250. The van der Waals surface area contributed by atoms with Crippen molar-refractivity contribution in [3.8, 4) is 0 Å². The summed E-state index contributed by atoms with van der Waals surface area (Å²) < 4.78 is 39.7. The van der Waals surface area contributed by atoms with Gasteiger partial charge in [0, 0.05) is 17.4 Å². The smallest absolute Gasteiger partial charge is 0.263 e. The normalized spacial score (nSPS) is 11.5. The Bertz CT molecular complexity index is 692. The maximum Gasteiger partial charge on any atom is 0.263 e. The largest absolute Gasteiger partial charge is 0.399 e. The number of nitrogens with zero attached hydrogens (tertiary/aromatic N) is 1. The van der Waals surface area contributed by atoms with Crippen molar-refractivity contribution in [2.45, 2.75) is 24.7 Å². The summed E-state index contributed by atoms with van der Waals surface area (Å²) in [6.07, 6.45) is 1.68. The number of aromatic nitrogens is 2. The zero-order valence-electron chi connectivity index (χ0n) is 10.9. The van der Waals surface area contributed by atoms with Crippen LogP contribution in [0.1, 0.15) is 19.0 Å². The first-order chi connectivity index (χ1) is 9.40. The number of nitrogen functional groups attached to an aromatic ring is 1. The third kappa shape index (κ3) is 3.27. The Morgan fingerprint density at radius 2 is 2.10 bits per heavy atom. The third-order valence-electron chi connectivity index (χ3n) is 2.59. The Labute approximate surface area is 116 Å². The van der Waals surface area contributed by atoms with Gasteiger partial charge in [-0.15, -0.1) is 0 Å². The van der Waals surface area contributed by atoms with Gasteiger partial charge in [-0.1, -0.05) is 13.3 Å². The maximum atomic E-state index is 13.2. The molecule has 0 saturated heterocycles. The molecule has 0 radical (unpaired) electrons. The highest BCUT2D eigenvalue weighted by Gasteiger charge is 2.17. The van der Waals surface area contributed by atoms with Crippen molar-refractivity contribution in [2.75, 3.05) is 10.5 Å². The summed E-state index contributed by atoms with van der Waals surface area (Å²) in [5.74, 6) is -0.546. The predicted molar refractivity (Wildman–Crippen MR) is 74.2 cm³/mol. The van der Waals surface area contributed by atoms with Crippen molar-refractivity contribution >= 4 is 21.5 Å². The molecule has 6 nitrogen and oxygen atoms in total. The molecule has 0 atom stereocenters. The molecule has 0 aliphatic carbocycles. The van der Waals surface area contributed by atoms with E-state index in [1.807, 2.05) is 6.92 Å². The molecule has 8 heteroatoms. The zero-order valence-corrected chi connectivity index (χ0v) is 11.7. The second-order valence-electron chi connectivity index (χ2n) is 4.35. The summed E-state index contributed by atoms with van der Waals surface area (Å²) >= 11 is 0. The van der Waals surface area contributed by atoms with Gasteiger partial charge in [0.05, 0.1) is 4.90 Å². The molecule has 0 aliphatic heterocycles. The van der Waals surface area contributed by atoms with Crippen molar-refractivity contribution < 1.29 is 12.8 Å². The van der Waals surface area contributed by atoms with E-state index < -0.39 is 15.8 Å². The van der Waals surface area contributed by atoms with Crippen LogP contribution < -0.4 is 10.5 Å². The van der Waals surface area contributed by atoms with Gasteiger partial charge >= 0.3 is 0 Å². The fourth-order valence-corrected chi connectivity index (χ4v) is 2.80. The van der Waals surface area contributed by atoms with Gasteiger partial charge in [0.2, 0.25) is 0 Å². The summed E-state index contributed by atoms with van der Waals surface area (Å²) in [6, 6.07) is 4.74. The van der Waals surface area contributed by atoms with E-state index in [4.69, 9.17) is 5.73 Å². The van der Waals surface area contributed by atoms with Crippen molar-refractivity contribution in [3.05, 3.63) is 35.8 Å². The number of aryl methyl sites for hydroxylation is 1. The van der Waals surface area contributed by atoms with Crippen molar-refractivity contribution in [3.63, 3.8) is 0 Å². The minimum absolute atomic E-state index is 0.0408. The van der Waals surface area contributed by atoms with Gasteiger partial charge in [-0.05, 0) is 24.6 Å². The van der Waals surface area contributed by atoms with Crippen molar-refractivity contribution in [2.24, 2.45) is 0 Å². The molecule has 0 fully saturated rings. The number of nitrogens with one attached hydrogen (secondary N) is 2. The second-order valence-corrected chi connectivity index (χ2v) is 6.04. The van der Waals surface area contributed by atoms with Crippen LogP contribution in [0.15, 0.2) is 29.2 Å². The number of sulfonamides is 1. The van der Waals surface area contributed by atoms with Gasteiger partial charge in [-0.3, -0.25) is 9.82 Å². The quantitative estimate of drug-likeness (QED) is 0.734. The summed E-state index contributed by atoms with van der Waals surface area (Å²) in [4.78, 5) is -0.241. The van der Waals surface area contributed by atoms with Gasteiger partial charge in [0.15, 0.2) is 5.82 Å². The van der Waals surface area contributed by atoms with Crippen LogP contribution in [-0.4, -0.2) is 18.6 Å². The first-order valence-electron chi connectivity index (χ1n) is 6.04. The number of anilines is 2. The summed E-state index contributed by atoms with van der Waals surface area (Å²) in [5, 5.41) is 6.58. The predicted octanol–water partition coefficient (Wildman–Crippen LogP) is 1.88. The number of aromatic amines is 1. The van der Waals surface area contributed by atoms with Gasteiger partial charge in [0.25, 0.3) is 10.0 Å². The summed E-state index contributed by atoms with van der Waals surface area (Å²) in [7, 11) is -3.91. The molecule has 1 aromatic carbocycles. The second kappa shape index (κ2) is 5.49. The van der Waals surface area contributed by atoms with Crippen LogP contribution in [0.25, 0.3) is 0 Å². The Morgan fingerprint density at radius 3 is 2.75 bits per heavy atom. The molecule has 20 heavy (non-hydrogen) atoms. The van der Waals surface area contributed by atoms with Crippen LogP contribution in [0.5, 0.6) is 0 Å². The first-order valence-corrected chi connectivity index (χ1v) is 7.52. The molecular weight excluding hydrogens is 283 g/mol. The highest BCUT2D eigenvalue weighted by atomic mass is 32.2. The van der Waals surface area contributed by atoms with Gasteiger partial charge in [-0.2, -0.15) is 5.10 Å². The molecule has 0 spiro atoms. The van der Waals surface area contributed by atoms with Crippen LogP contribution in [0.3, 0.4) is 0 Å². The average molecular weight is 298 g/mol. The van der Waals surface area contributed by atoms with E-state index in [9.17, 15) is 12.8 Å². The SMILES string of the molecule is CCCc1cc(NS(=O)(=O)c2cc(N)cc(F)c2)n[nH]1. The minimum atomic E-state index is -3.91. The van der Waals surface area contributed by atoms with Gasteiger partial charge in [-0.25, -0.2) is 12.8 Å². The lowest BCUT2D eigenvalue weighted by Gasteiger charge is -2.06. The lowest BCUT2D eigenvalue weighted by atomic mass is 10.2. The molecule has 0 amide bonds. The molecule has 1 heterocycles. The standard InChI is InChI=1S/C12H15FN4O2S/c1-2-3-10-7-12(16-15-10)17-20(18,19)11-5-8(13)4-9(14)6-11/h4-7H,2-3,14H2,1H3,(H2,15,16,17). The van der Waals surface area contributed by atoms with E-state index in [1.54, 1.807) is 6.07 Å². The molecule has 1 aromatic heterocycles. The molecule has 2 aromatic rings. The molecule has 0 aliphatic rings. The number of hydrogen-bond donors (Lipinski definition) is 3. The Balaban J connectivity index is 2.25. The number of nitrogens with two attached hydrogens (primary N) is 1. The number of H-pyrrole nitrogens is 1. The molecule has 2 rings (SSSR count). The average Bonchev–Trinajstić information content (AvgIpc) is 2.75.